The number of hydrogen-bond acceptors (Lipinski definition) is 4. The first-order valence-electron chi connectivity index (χ1n) is 9.03. The Hall–Kier alpha value is -2.60. The molecule has 1 heterocycles. The highest BCUT2D eigenvalue weighted by atomic mass is 32.2. The molecule has 0 aromatic heterocycles. The first kappa shape index (κ1) is 17.8. The Balaban J connectivity index is 1.48. The molecule has 27 heavy (non-hydrogen) atoms. The third kappa shape index (κ3) is 4.06. The van der Waals surface area contributed by atoms with Crippen LogP contribution in [0.3, 0.4) is 0 Å². The van der Waals surface area contributed by atoms with Gasteiger partial charge in [0.2, 0.25) is 5.91 Å². The van der Waals surface area contributed by atoms with Gasteiger partial charge in [-0.15, -0.1) is 0 Å². The van der Waals surface area contributed by atoms with Crippen LogP contribution in [0.15, 0.2) is 54.6 Å². The minimum atomic E-state index is -0.229. The maximum atomic E-state index is 12.8. The summed E-state index contributed by atoms with van der Waals surface area (Å²) < 4.78 is 0. The Morgan fingerprint density at radius 2 is 1.89 bits per heavy atom. The molecule has 1 N–H and O–H groups in total. The van der Waals surface area contributed by atoms with Crippen molar-refractivity contribution in [1.82, 2.24) is 10.2 Å². The van der Waals surface area contributed by atoms with Gasteiger partial charge in [-0.25, -0.2) is 0 Å². The van der Waals surface area contributed by atoms with E-state index in [1.165, 1.54) is 4.90 Å². The second kappa shape index (κ2) is 7.56. The lowest BCUT2D eigenvalue weighted by Crippen LogP contribution is -2.30. The van der Waals surface area contributed by atoms with Gasteiger partial charge in [0.25, 0.3) is 11.1 Å². The van der Waals surface area contributed by atoms with E-state index in [0.29, 0.717) is 11.5 Å². The lowest BCUT2D eigenvalue weighted by Gasteiger charge is -2.19. The van der Waals surface area contributed by atoms with E-state index in [1.54, 1.807) is 18.2 Å². The molecule has 5 nitrogen and oxygen atoms in total. The summed E-state index contributed by atoms with van der Waals surface area (Å²) in [5, 5.41) is 2.93. The number of carbonyl (C=O) groups is 3. The van der Waals surface area contributed by atoms with Gasteiger partial charge in [-0.2, -0.15) is 0 Å². The Bertz CT molecular complexity index is 864. The number of imide groups is 1. The summed E-state index contributed by atoms with van der Waals surface area (Å²) in [7, 11) is 0. The quantitative estimate of drug-likeness (QED) is 0.829. The zero-order valence-corrected chi connectivity index (χ0v) is 15.6. The first-order valence-corrected chi connectivity index (χ1v) is 10.0. The van der Waals surface area contributed by atoms with E-state index in [9.17, 15) is 14.4 Å². The van der Waals surface area contributed by atoms with Crippen LogP contribution in [-0.2, 0) is 11.3 Å². The van der Waals surface area contributed by atoms with E-state index in [2.05, 4.69) is 5.32 Å². The summed E-state index contributed by atoms with van der Waals surface area (Å²) in [6.07, 6.45) is 2.24. The van der Waals surface area contributed by atoms with Gasteiger partial charge in [-0.1, -0.05) is 54.2 Å². The molecule has 138 valence electrons. The minimum absolute atomic E-state index is 0.0143. The number of nitrogens with zero attached hydrogens (tertiary/aromatic N) is 1. The number of rotatable bonds is 6. The smallest absolute Gasteiger partial charge is 0.289 e. The number of carbonyl (C=O) groups excluding carboxylic acids is 3. The van der Waals surface area contributed by atoms with Gasteiger partial charge in [0.05, 0.1) is 18.3 Å². The summed E-state index contributed by atoms with van der Waals surface area (Å²) in [5.41, 5.74) is 2.44. The van der Waals surface area contributed by atoms with Crippen molar-refractivity contribution >= 4 is 28.8 Å². The van der Waals surface area contributed by atoms with Gasteiger partial charge in [-0.3, -0.25) is 19.3 Å². The van der Waals surface area contributed by atoms with Crippen molar-refractivity contribution in [3.63, 3.8) is 0 Å². The summed E-state index contributed by atoms with van der Waals surface area (Å²) in [6.45, 7) is 0.205. The molecule has 1 unspecified atom stereocenters. The normalized spacial score (nSPS) is 17.9. The van der Waals surface area contributed by atoms with Crippen LogP contribution < -0.4 is 5.32 Å². The molecule has 1 aliphatic carbocycles. The fraction of sp³-hybridized carbons (Fsp3) is 0.286. The van der Waals surface area contributed by atoms with Crippen LogP contribution in [-0.4, -0.2) is 27.7 Å². The third-order valence-electron chi connectivity index (χ3n) is 4.91. The minimum Gasteiger partial charge on any atom is -0.345 e. The van der Waals surface area contributed by atoms with E-state index in [0.717, 1.165) is 35.7 Å². The number of hydrogen-bond donors (Lipinski definition) is 1. The molecule has 2 fully saturated rings. The van der Waals surface area contributed by atoms with E-state index in [-0.39, 0.29) is 35.4 Å². The molecular formula is C21H20N2O3S. The van der Waals surface area contributed by atoms with Crippen LogP contribution >= 0.6 is 11.8 Å². The molecule has 0 spiro atoms. The molecule has 0 bridgehead atoms. The molecule has 0 radical (unpaired) electrons. The largest absolute Gasteiger partial charge is 0.345 e. The fourth-order valence-corrected chi connectivity index (χ4v) is 4.04. The molecule has 1 atom stereocenters. The highest BCUT2D eigenvalue weighted by molar-refractivity contribution is 8.14. The van der Waals surface area contributed by atoms with Crippen molar-refractivity contribution in [2.24, 2.45) is 5.92 Å². The van der Waals surface area contributed by atoms with Crippen LogP contribution in [0.25, 0.3) is 0 Å². The lowest BCUT2D eigenvalue weighted by molar-refractivity contribution is -0.125. The SMILES string of the molecule is O=C(NC(c1ccccc1)C1CC1)c1cccc(CN2C(=O)CSC2=O)c1. The van der Waals surface area contributed by atoms with Gasteiger partial charge in [0.15, 0.2) is 0 Å². The zero-order chi connectivity index (χ0) is 18.8. The van der Waals surface area contributed by atoms with Gasteiger partial charge in [0, 0.05) is 5.56 Å². The molecule has 2 aromatic carbocycles. The number of benzene rings is 2. The summed E-state index contributed by atoms with van der Waals surface area (Å²) in [4.78, 5) is 37.6. The Kier molecular flexibility index (Phi) is 4.99. The van der Waals surface area contributed by atoms with Crippen molar-refractivity contribution in [2.75, 3.05) is 5.75 Å². The van der Waals surface area contributed by atoms with Crippen LogP contribution in [0, 0.1) is 5.92 Å². The van der Waals surface area contributed by atoms with Gasteiger partial charge >= 0.3 is 0 Å². The van der Waals surface area contributed by atoms with Gasteiger partial charge < -0.3 is 5.32 Å². The van der Waals surface area contributed by atoms with Crippen molar-refractivity contribution in [3.05, 3.63) is 71.3 Å². The Morgan fingerprint density at radius 1 is 1.11 bits per heavy atom. The van der Waals surface area contributed by atoms with E-state index >= 15 is 0 Å². The highest BCUT2D eigenvalue weighted by Crippen LogP contribution is 2.41. The first-order chi connectivity index (χ1) is 13.1. The molecule has 6 heteroatoms. The average molecular weight is 380 g/mol. The topological polar surface area (TPSA) is 66.5 Å². The number of thioether (sulfide) groups is 1. The third-order valence-corrected chi connectivity index (χ3v) is 5.77. The number of amides is 3. The van der Waals surface area contributed by atoms with Crippen LogP contribution in [0.2, 0.25) is 0 Å². The molecule has 2 aromatic rings. The Labute approximate surface area is 162 Å². The lowest BCUT2D eigenvalue weighted by atomic mass is 10.0. The summed E-state index contributed by atoms with van der Waals surface area (Å²) in [5.74, 6) is 0.360. The predicted octanol–water partition coefficient (Wildman–Crippen LogP) is 3.76. The summed E-state index contributed by atoms with van der Waals surface area (Å²) >= 11 is 1.02. The maximum Gasteiger partial charge on any atom is 0.289 e. The molecule has 4 rings (SSSR count). The van der Waals surface area contributed by atoms with Crippen molar-refractivity contribution < 1.29 is 14.4 Å². The zero-order valence-electron chi connectivity index (χ0n) is 14.8. The van der Waals surface area contributed by atoms with Gasteiger partial charge in [0.1, 0.15) is 0 Å². The van der Waals surface area contributed by atoms with Crippen LogP contribution in [0.5, 0.6) is 0 Å². The average Bonchev–Trinajstić information content (AvgIpc) is 3.49. The van der Waals surface area contributed by atoms with Gasteiger partial charge in [-0.05, 0) is 42.0 Å². The predicted molar refractivity (Wildman–Crippen MR) is 104 cm³/mol. The van der Waals surface area contributed by atoms with E-state index < -0.39 is 0 Å². The Morgan fingerprint density at radius 3 is 2.56 bits per heavy atom. The van der Waals surface area contributed by atoms with Crippen molar-refractivity contribution in [3.8, 4) is 0 Å². The van der Waals surface area contributed by atoms with E-state index in [4.69, 9.17) is 0 Å². The highest BCUT2D eigenvalue weighted by Gasteiger charge is 2.33. The summed E-state index contributed by atoms with van der Waals surface area (Å²) in [6, 6.07) is 17.2. The second-order valence-corrected chi connectivity index (χ2v) is 7.86. The van der Waals surface area contributed by atoms with Crippen molar-refractivity contribution in [1.29, 1.82) is 0 Å². The van der Waals surface area contributed by atoms with Crippen molar-refractivity contribution in [2.45, 2.75) is 25.4 Å². The van der Waals surface area contributed by atoms with Crippen LogP contribution in [0.1, 0.15) is 40.4 Å². The maximum absolute atomic E-state index is 12.8. The molecule has 1 aliphatic heterocycles. The van der Waals surface area contributed by atoms with E-state index in [1.807, 2.05) is 36.4 Å². The standard InChI is InChI=1S/C21H20N2O3S/c24-18-13-27-21(26)23(18)12-14-5-4-8-17(11-14)20(25)22-19(16-9-10-16)15-6-2-1-3-7-15/h1-8,11,16,19H,9-10,12-13H2,(H,22,25). The number of nitrogens with one attached hydrogen (secondary N) is 1. The molecule has 3 amide bonds. The molecule has 1 saturated carbocycles. The molecular weight excluding hydrogens is 360 g/mol. The molecule has 2 aliphatic rings. The molecule has 1 saturated heterocycles. The fourth-order valence-electron chi connectivity index (χ4n) is 3.32. The second-order valence-electron chi connectivity index (χ2n) is 6.93. The van der Waals surface area contributed by atoms with Crippen LogP contribution in [0.4, 0.5) is 4.79 Å². The monoisotopic (exact) mass is 380 g/mol.